The maximum absolute atomic E-state index is 12.1. The van der Waals surface area contributed by atoms with E-state index in [-0.39, 0.29) is 16.4 Å². The smallest absolute Gasteiger partial charge is 0.282 e. The van der Waals surface area contributed by atoms with Crippen molar-refractivity contribution in [2.24, 2.45) is 0 Å². The molecule has 9 heteroatoms. The first-order chi connectivity index (χ1) is 10.9. The van der Waals surface area contributed by atoms with E-state index in [9.17, 15) is 14.9 Å². The van der Waals surface area contributed by atoms with Crippen LogP contribution in [0.1, 0.15) is 16.1 Å². The van der Waals surface area contributed by atoms with Crippen molar-refractivity contribution >= 4 is 50.7 Å². The Bertz CT molecular complexity index is 797. The fourth-order valence-electron chi connectivity index (χ4n) is 1.76. The van der Waals surface area contributed by atoms with Crippen LogP contribution in [0.3, 0.4) is 0 Å². The summed E-state index contributed by atoms with van der Waals surface area (Å²) in [6.07, 6.45) is 0. The van der Waals surface area contributed by atoms with Gasteiger partial charge < -0.3 is 5.32 Å². The molecule has 1 heterocycles. The van der Waals surface area contributed by atoms with Crippen LogP contribution in [0.25, 0.3) is 0 Å². The number of rotatable bonds is 3. The highest BCUT2D eigenvalue weighted by Gasteiger charge is 2.19. The molecule has 0 unspecified atom stereocenters. The van der Waals surface area contributed by atoms with Crippen molar-refractivity contribution in [1.29, 1.82) is 0 Å². The van der Waals surface area contributed by atoms with Crippen LogP contribution in [0.4, 0.5) is 11.5 Å². The first kappa shape index (κ1) is 17.0. The van der Waals surface area contributed by atoms with Crippen molar-refractivity contribution in [3.8, 4) is 0 Å². The predicted molar refractivity (Wildman–Crippen MR) is 93.5 cm³/mol. The topological polar surface area (TPSA) is 97.2 Å². The number of carbonyl (C=O) groups excluding carboxylic acids is 1. The minimum absolute atomic E-state index is 0.00220. The van der Waals surface area contributed by atoms with E-state index >= 15 is 0 Å². The van der Waals surface area contributed by atoms with E-state index in [1.165, 1.54) is 24.3 Å². The van der Waals surface area contributed by atoms with Gasteiger partial charge in [-0.2, -0.15) is 0 Å². The van der Waals surface area contributed by atoms with Gasteiger partial charge in [0, 0.05) is 10.5 Å². The van der Waals surface area contributed by atoms with Gasteiger partial charge in [-0.3, -0.25) is 20.2 Å². The van der Waals surface area contributed by atoms with Gasteiger partial charge in [-0.15, -0.1) is 0 Å². The zero-order valence-corrected chi connectivity index (χ0v) is 14.3. The van der Waals surface area contributed by atoms with Crippen LogP contribution >= 0.6 is 28.1 Å². The van der Waals surface area contributed by atoms with Gasteiger partial charge in [-0.1, -0.05) is 12.1 Å². The van der Waals surface area contributed by atoms with E-state index in [1.54, 1.807) is 12.1 Å². The lowest BCUT2D eigenvalue weighted by Gasteiger charge is -2.10. The Balaban J connectivity index is 2.10. The number of aryl methyl sites for hydroxylation is 1. The number of nitro groups is 1. The molecule has 1 aromatic carbocycles. The molecule has 0 aliphatic heterocycles. The Kier molecular flexibility index (Phi) is 5.35. The van der Waals surface area contributed by atoms with Gasteiger partial charge in [0.2, 0.25) is 0 Å². The average Bonchev–Trinajstić information content (AvgIpc) is 2.50. The molecule has 1 aromatic heterocycles. The summed E-state index contributed by atoms with van der Waals surface area (Å²) in [5.41, 5.74) is 0.398. The van der Waals surface area contributed by atoms with Gasteiger partial charge in [0.1, 0.15) is 11.4 Å². The Hall–Kier alpha value is -2.39. The molecule has 0 saturated heterocycles. The molecule has 23 heavy (non-hydrogen) atoms. The highest BCUT2D eigenvalue weighted by atomic mass is 79.9. The zero-order valence-electron chi connectivity index (χ0n) is 11.9. The van der Waals surface area contributed by atoms with E-state index in [2.05, 4.69) is 31.5 Å². The summed E-state index contributed by atoms with van der Waals surface area (Å²) in [6.45, 7) is 1.81. The Morgan fingerprint density at radius 2 is 2.00 bits per heavy atom. The Morgan fingerprint density at radius 1 is 1.30 bits per heavy atom. The number of thiocarbonyl (C=S) groups is 1. The maximum Gasteiger partial charge on any atom is 0.282 e. The largest absolute Gasteiger partial charge is 0.317 e. The molecule has 0 saturated carbocycles. The average molecular weight is 395 g/mol. The van der Waals surface area contributed by atoms with Crippen LogP contribution in [0.15, 0.2) is 40.9 Å². The minimum atomic E-state index is -0.663. The van der Waals surface area contributed by atoms with E-state index in [0.29, 0.717) is 5.82 Å². The van der Waals surface area contributed by atoms with E-state index in [4.69, 9.17) is 12.2 Å². The van der Waals surface area contributed by atoms with Gasteiger partial charge in [0.05, 0.1) is 10.6 Å². The number of benzene rings is 1. The summed E-state index contributed by atoms with van der Waals surface area (Å²) in [6, 6.07) is 9.11. The van der Waals surface area contributed by atoms with E-state index < -0.39 is 10.8 Å². The predicted octanol–water partition coefficient (Wildman–Crippen LogP) is 3.19. The van der Waals surface area contributed by atoms with Crippen LogP contribution < -0.4 is 10.6 Å². The highest BCUT2D eigenvalue weighted by molar-refractivity contribution is 9.10. The molecule has 118 valence electrons. The third-order valence-electron chi connectivity index (χ3n) is 2.84. The summed E-state index contributed by atoms with van der Waals surface area (Å²) in [5.74, 6) is -0.206. The third kappa shape index (κ3) is 4.30. The van der Waals surface area contributed by atoms with Crippen LogP contribution in [0, 0.1) is 17.0 Å². The number of hydrogen-bond donors (Lipinski definition) is 2. The number of nitro benzene ring substituents is 1. The molecule has 0 aliphatic carbocycles. The van der Waals surface area contributed by atoms with Crippen molar-refractivity contribution < 1.29 is 9.72 Å². The fraction of sp³-hybridized carbons (Fsp3) is 0.0714. The quantitative estimate of drug-likeness (QED) is 0.471. The lowest BCUT2D eigenvalue weighted by atomic mass is 10.1. The number of carbonyl (C=O) groups is 1. The highest BCUT2D eigenvalue weighted by Crippen LogP contribution is 2.18. The van der Waals surface area contributed by atoms with E-state index in [1.807, 2.05) is 6.92 Å². The van der Waals surface area contributed by atoms with Crippen LogP contribution in [-0.2, 0) is 0 Å². The summed E-state index contributed by atoms with van der Waals surface area (Å²) < 4.78 is 0.845. The van der Waals surface area contributed by atoms with Gasteiger partial charge in [0.25, 0.3) is 11.6 Å². The minimum Gasteiger partial charge on any atom is -0.317 e. The first-order valence-corrected chi connectivity index (χ1v) is 7.57. The second kappa shape index (κ2) is 7.25. The maximum atomic E-state index is 12.1. The molecule has 2 aromatic rings. The summed E-state index contributed by atoms with van der Waals surface area (Å²) >= 11 is 8.36. The first-order valence-electron chi connectivity index (χ1n) is 6.37. The molecule has 2 N–H and O–H groups in total. The van der Waals surface area contributed by atoms with Crippen LogP contribution in [0.2, 0.25) is 0 Å². The molecular formula is C14H11BrN4O3S. The normalized spacial score (nSPS) is 10.0. The number of pyridine rings is 1. The second-order valence-electron chi connectivity index (χ2n) is 4.45. The SMILES string of the molecule is Cc1nc(NC(=S)NC(=O)c2ccccc2[N+](=O)[O-])ccc1Br. The van der Waals surface area contributed by atoms with Gasteiger partial charge >= 0.3 is 0 Å². The summed E-state index contributed by atoms with van der Waals surface area (Å²) in [4.78, 5) is 26.7. The van der Waals surface area contributed by atoms with Crippen molar-refractivity contribution in [1.82, 2.24) is 10.3 Å². The number of hydrogen-bond acceptors (Lipinski definition) is 5. The molecular weight excluding hydrogens is 384 g/mol. The molecule has 2 rings (SSSR count). The lowest BCUT2D eigenvalue weighted by molar-refractivity contribution is -0.385. The van der Waals surface area contributed by atoms with Crippen molar-refractivity contribution in [3.05, 3.63) is 62.2 Å². The van der Waals surface area contributed by atoms with Gasteiger partial charge in [0.15, 0.2) is 5.11 Å². The van der Waals surface area contributed by atoms with Gasteiger partial charge in [-0.25, -0.2) is 4.98 Å². The van der Waals surface area contributed by atoms with Crippen LogP contribution in [0.5, 0.6) is 0 Å². The Labute approximate surface area is 145 Å². The fourth-order valence-corrected chi connectivity index (χ4v) is 2.17. The standard InChI is InChI=1S/C14H11BrN4O3S/c1-8-10(15)6-7-12(16-8)17-14(23)18-13(20)9-4-2-3-5-11(9)19(21)22/h2-7H,1H3,(H2,16,17,18,20,23). The summed E-state index contributed by atoms with van der Waals surface area (Å²) in [5, 5.41) is 16.1. The number of halogens is 1. The number of amides is 1. The second-order valence-corrected chi connectivity index (χ2v) is 5.71. The van der Waals surface area contributed by atoms with Crippen molar-refractivity contribution in [2.75, 3.05) is 5.32 Å². The number of aromatic nitrogens is 1. The molecule has 1 amide bonds. The number of nitrogens with zero attached hydrogens (tertiary/aromatic N) is 2. The number of anilines is 1. The number of para-hydroxylation sites is 1. The number of nitrogens with one attached hydrogen (secondary N) is 2. The zero-order chi connectivity index (χ0) is 17.0. The molecule has 7 nitrogen and oxygen atoms in total. The van der Waals surface area contributed by atoms with E-state index in [0.717, 1.165) is 10.2 Å². The summed E-state index contributed by atoms with van der Waals surface area (Å²) in [7, 11) is 0. The monoisotopic (exact) mass is 394 g/mol. The molecule has 0 spiro atoms. The van der Waals surface area contributed by atoms with Crippen LogP contribution in [-0.4, -0.2) is 20.9 Å². The molecule has 0 fully saturated rings. The molecule has 0 bridgehead atoms. The molecule has 0 atom stereocenters. The molecule has 0 aliphatic rings. The Morgan fingerprint density at radius 3 is 2.65 bits per heavy atom. The van der Waals surface area contributed by atoms with Crippen molar-refractivity contribution in [3.63, 3.8) is 0 Å². The van der Waals surface area contributed by atoms with Crippen molar-refractivity contribution in [2.45, 2.75) is 6.92 Å². The lowest BCUT2D eigenvalue weighted by Crippen LogP contribution is -2.34. The third-order valence-corrected chi connectivity index (χ3v) is 3.88. The van der Waals surface area contributed by atoms with Gasteiger partial charge in [-0.05, 0) is 53.3 Å². The molecule has 0 radical (unpaired) electrons.